The van der Waals surface area contributed by atoms with Crippen LogP contribution < -0.4 is 34.6 Å². The summed E-state index contributed by atoms with van der Waals surface area (Å²) in [6, 6.07) is 12.5. The van der Waals surface area contributed by atoms with Crippen molar-refractivity contribution in [3.63, 3.8) is 0 Å². The predicted octanol–water partition coefficient (Wildman–Crippen LogP) is 5.23. The number of rotatable bonds is 10. The Bertz CT molecular complexity index is 1090. The summed E-state index contributed by atoms with van der Waals surface area (Å²) < 4.78 is 1.93. The first-order valence-corrected chi connectivity index (χ1v) is 18.6. The summed E-state index contributed by atoms with van der Waals surface area (Å²) in [5, 5.41) is 6.42. The Morgan fingerprint density at radius 2 is 0.917 bits per heavy atom. The third kappa shape index (κ3) is 12.8. The number of hydrogen-bond acceptors (Lipinski definition) is 2. The maximum Gasteiger partial charge on any atom is -1.00 e. The molecule has 4 N–H and O–H groups in total. The quantitative estimate of drug-likeness (QED) is 0.195. The van der Waals surface area contributed by atoms with Gasteiger partial charge in [0.15, 0.2) is 12.1 Å². The molecule has 2 fully saturated rings. The van der Waals surface area contributed by atoms with Crippen LogP contribution in [0.3, 0.4) is 0 Å². The molecule has 0 spiro atoms. The van der Waals surface area contributed by atoms with E-state index in [0.717, 1.165) is 94.7 Å². The zero-order valence-electron chi connectivity index (χ0n) is 29.8. The van der Waals surface area contributed by atoms with Crippen molar-refractivity contribution >= 4 is 44.8 Å². The number of carbonyl (C=O) groups is 2. The Morgan fingerprint density at radius 1 is 0.667 bits per heavy atom. The van der Waals surface area contributed by atoms with Crippen LogP contribution in [0, 0.1) is 27.7 Å². The molecule has 0 radical (unpaired) electrons. The SMILES string of the molecule is C.CCC(C(=O)Nc1c(C)cccc1C)[N+]1(CC)CCCC1.CCC(C(=O)Nc1c(C)cccc1C)[N+]1(CC)CCCC1.Cl.O.[Cl][Ag].[I-]. The number of quaternary nitrogens is 2. The second-order valence-corrected chi connectivity index (χ2v) is 12.7. The van der Waals surface area contributed by atoms with E-state index < -0.39 is 0 Å². The summed E-state index contributed by atoms with van der Waals surface area (Å²) in [4.78, 5) is 25.7. The predicted molar refractivity (Wildman–Crippen MR) is 200 cm³/mol. The maximum absolute atomic E-state index is 12.9. The fourth-order valence-electron chi connectivity index (χ4n) is 7.71. The third-order valence-corrected chi connectivity index (χ3v) is 10.3. The van der Waals surface area contributed by atoms with E-state index in [1.54, 1.807) is 0 Å². The number of anilines is 2. The Labute approximate surface area is 332 Å². The van der Waals surface area contributed by atoms with Crippen molar-refractivity contribution in [2.24, 2.45) is 0 Å². The largest absolute Gasteiger partial charge is 1.00 e. The molecule has 2 unspecified atom stereocenters. The van der Waals surface area contributed by atoms with E-state index in [2.05, 4.69) is 119 Å². The Kier molecular flexibility index (Phi) is 27.2. The van der Waals surface area contributed by atoms with E-state index in [0.29, 0.717) is 0 Å². The number of para-hydroxylation sites is 2. The van der Waals surface area contributed by atoms with E-state index in [1.165, 1.54) is 25.7 Å². The minimum atomic E-state index is 0. The number of amides is 2. The molecular weight excluding hydrogens is 854 g/mol. The van der Waals surface area contributed by atoms with Crippen molar-refractivity contribution < 1.29 is 68.0 Å². The second kappa shape index (κ2) is 25.3. The molecule has 0 saturated carbocycles. The molecule has 2 atom stereocenters. The maximum atomic E-state index is 12.9. The molecule has 2 aliphatic heterocycles. The summed E-state index contributed by atoms with van der Waals surface area (Å²) in [6.45, 7) is 23.7. The van der Waals surface area contributed by atoms with Crippen LogP contribution in [0.25, 0.3) is 0 Å². The van der Waals surface area contributed by atoms with Crippen molar-refractivity contribution in [3.8, 4) is 0 Å². The fourth-order valence-corrected chi connectivity index (χ4v) is 7.71. The van der Waals surface area contributed by atoms with Gasteiger partial charge in [0.05, 0.1) is 39.3 Å². The number of likely N-dealkylation sites (tertiary alicyclic amines) is 2. The summed E-state index contributed by atoms with van der Waals surface area (Å²) in [6.07, 6.45) is 6.82. The average Bonchev–Trinajstić information content (AvgIpc) is 3.71. The normalized spacial score (nSPS) is 16.3. The molecule has 2 aromatic carbocycles. The molecular formula is C37H65AgCl2IN4O3+. The average molecular weight is 920 g/mol. The molecule has 2 heterocycles. The van der Waals surface area contributed by atoms with Crippen LogP contribution >= 0.6 is 21.6 Å². The first-order valence-electron chi connectivity index (χ1n) is 16.6. The molecule has 48 heavy (non-hydrogen) atoms. The van der Waals surface area contributed by atoms with Crippen molar-refractivity contribution in [2.45, 2.75) is 113 Å². The van der Waals surface area contributed by atoms with Gasteiger partial charge in [-0.15, -0.1) is 12.4 Å². The molecule has 0 aromatic heterocycles. The van der Waals surface area contributed by atoms with Gasteiger partial charge < -0.3 is 49.1 Å². The third-order valence-electron chi connectivity index (χ3n) is 10.3. The van der Waals surface area contributed by atoms with Gasteiger partial charge >= 0.3 is 29.2 Å². The van der Waals surface area contributed by atoms with E-state index in [4.69, 9.17) is 0 Å². The van der Waals surface area contributed by atoms with Gasteiger partial charge in [-0.3, -0.25) is 9.59 Å². The monoisotopic (exact) mass is 917 g/mol. The molecule has 0 aliphatic carbocycles. The topological polar surface area (TPSA) is 89.7 Å². The van der Waals surface area contributed by atoms with Gasteiger partial charge in [0.1, 0.15) is 0 Å². The zero-order valence-corrected chi connectivity index (χ0v) is 35.0. The first-order chi connectivity index (χ1) is 21.1. The van der Waals surface area contributed by atoms with Gasteiger partial charge in [-0.2, -0.15) is 0 Å². The Morgan fingerprint density at radius 3 is 1.12 bits per heavy atom. The van der Waals surface area contributed by atoms with E-state index in [9.17, 15) is 9.59 Å². The van der Waals surface area contributed by atoms with Crippen LogP contribution in [0.15, 0.2) is 36.4 Å². The molecule has 2 saturated heterocycles. The smallest absolute Gasteiger partial charge is 1.00 e. The van der Waals surface area contributed by atoms with Crippen LogP contribution in [0.4, 0.5) is 11.4 Å². The summed E-state index contributed by atoms with van der Waals surface area (Å²) >= 11 is 2.42. The molecule has 0 bridgehead atoms. The molecule has 4 rings (SSSR count). The Hall–Kier alpha value is -0.690. The molecule has 2 aromatic rings. The van der Waals surface area contributed by atoms with Crippen LogP contribution in [-0.4, -0.2) is 77.6 Å². The van der Waals surface area contributed by atoms with Crippen molar-refractivity contribution in [2.75, 3.05) is 49.9 Å². The number of nitrogens with one attached hydrogen (secondary N) is 2. The number of benzene rings is 2. The second-order valence-electron chi connectivity index (χ2n) is 12.7. The first kappa shape index (κ1) is 51.7. The van der Waals surface area contributed by atoms with Gasteiger partial charge in [0.2, 0.25) is 0 Å². The Balaban J connectivity index is -0.000000743. The van der Waals surface area contributed by atoms with Crippen LogP contribution in [0.1, 0.15) is 95.9 Å². The van der Waals surface area contributed by atoms with Crippen LogP contribution in [0.2, 0.25) is 0 Å². The van der Waals surface area contributed by atoms with Crippen molar-refractivity contribution in [1.82, 2.24) is 0 Å². The molecule has 282 valence electrons. The number of halogens is 3. The van der Waals surface area contributed by atoms with Gasteiger partial charge in [-0.05, 0) is 63.8 Å². The van der Waals surface area contributed by atoms with E-state index in [1.807, 2.05) is 12.1 Å². The summed E-state index contributed by atoms with van der Waals surface area (Å²) in [5.74, 6) is 0.386. The number of nitrogens with zero attached hydrogens (tertiary/aromatic N) is 2. The number of likely N-dealkylation sites (N-methyl/N-ethyl adjacent to an activating group) is 2. The number of hydrogen-bond donors (Lipinski definition) is 2. The molecule has 2 amide bonds. The standard InChI is InChI=1S/2C18H28N2O.CH4.Ag.2ClH.HI.H2O/c2*1-5-16(20(6-2)12-7-8-13-20)18(21)19-17-14(3)10-9-11-15(17)4;;;;;;/h2*9-11,16H,5-8,12-13H2,1-4H3;1H4;;3*1H;1H2/q;;;+1;;;;. The zero-order chi connectivity index (χ0) is 32.9. The molecule has 2 aliphatic rings. The van der Waals surface area contributed by atoms with Gasteiger partial charge in [0, 0.05) is 49.9 Å². The number of carbonyl (C=O) groups excluding carboxylic acids is 2. The minimum Gasteiger partial charge on any atom is -1.00 e. The molecule has 7 nitrogen and oxygen atoms in total. The van der Waals surface area contributed by atoms with Gasteiger partial charge in [-0.1, -0.05) is 57.7 Å². The van der Waals surface area contributed by atoms with E-state index in [-0.39, 0.29) is 73.2 Å². The molecule has 11 heteroatoms. The summed E-state index contributed by atoms with van der Waals surface area (Å²) in [7, 11) is 4.45. The fraction of sp³-hybridized carbons (Fsp3) is 0.622. The van der Waals surface area contributed by atoms with Crippen molar-refractivity contribution in [1.29, 1.82) is 0 Å². The number of aryl methyl sites for hydroxylation is 4. The summed E-state index contributed by atoms with van der Waals surface area (Å²) in [5.41, 5.74) is 6.56. The van der Waals surface area contributed by atoms with Crippen LogP contribution in [0.5, 0.6) is 0 Å². The van der Waals surface area contributed by atoms with Crippen molar-refractivity contribution in [3.05, 3.63) is 58.7 Å². The van der Waals surface area contributed by atoms with E-state index >= 15 is 0 Å². The van der Waals surface area contributed by atoms with Gasteiger partial charge in [-0.25, -0.2) is 0 Å². The van der Waals surface area contributed by atoms with Gasteiger partial charge in [0.25, 0.3) is 11.8 Å². The minimum absolute atomic E-state index is 0. The van der Waals surface area contributed by atoms with Crippen LogP contribution in [-0.2, 0) is 29.6 Å².